The van der Waals surface area contributed by atoms with Crippen LogP contribution in [0.15, 0.2) is 42.5 Å². The molecule has 0 saturated carbocycles. The second kappa shape index (κ2) is 6.98. The molecule has 0 aliphatic rings. The van der Waals surface area contributed by atoms with Crippen LogP contribution in [-0.4, -0.2) is 17.6 Å². The van der Waals surface area contributed by atoms with Crippen LogP contribution < -0.4 is 10.1 Å². The summed E-state index contributed by atoms with van der Waals surface area (Å²) in [6, 6.07) is 12.7. The van der Waals surface area contributed by atoms with Gasteiger partial charge >= 0.3 is 0 Å². The zero-order valence-corrected chi connectivity index (χ0v) is 13.1. The van der Waals surface area contributed by atoms with Gasteiger partial charge in [0.15, 0.2) is 6.61 Å². The number of hydrogen-bond acceptors (Lipinski definition) is 3. The number of aryl methyl sites for hydroxylation is 1. The third kappa shape index (κ3) is 4.01. The minimum absolute atomic E-state index is 0.0542. The number of benzene rings is 2. The average molecular weight is 299 g/mol. The molecule has 0 saturated heterocycles. The van der Waals surface area contributed by atoms with E-state index in [1.54, 1.807) is 18.2 Å². The van der Waals surface area contributed by atoms with Crippen LogP contribution in [0.5, 0.6) is 11.5 Å². The summed E-state index contributed by atoms with van der Waals surface area (Å²) in [5.41, 5.74) is 2.32. The monoisotopic (exact) mass is 299 g/mol. The van der Waals surface area contributed by atoms with Gasteiger partial charge in [0.05, 0.1) is 0 Å². The molecule has 0 atom stereocenters. The molecule has 0 radical (unpaired) electrons. The number of rotatable bonds is 5. The first kappa shape index (κ1) is 15.9. The van der Waals surface area contributed by atoms with Crippen molar-refractivity contribution in [1.82, 2.24) is 0 Å². The van der Waals surface area contributed by atoms with E-state index >= 15 is 0 Å². The van der Waals surface area contributed by atoms with Crippen molar-refractivity contribution in [1.29, 1.82) is 0 Å². The molecule has 4 nitrogen and oxygen atoms in total. The highest BCUT2D eigenvalue weighted by Gasteiger charge is 2.12. The van der Waals surface area contributed by atoms with Crippen molar-refractivity contribution in [2.75, 3.05) is 11.9 Å². The summed E-state index contributed by atoms with van der Waals surface area (Å²) in [6.07, 6.45) is 0. The summed E-state index contributed by atoms with van der Waals surface area (Å²) in [6.45, 7) is 5.78. The molecule has 116 valence electrons. The molecule has 2 N–H and O–H groups in total. The molecule has 2 aromatic rings. The lowest BCUT2D eigenvalue weighted by atomic mass is 9.99. The summed E-state index contributed by atoms with van der Waals surface area (Å²) in [5.74, 6) is 0.859. The van der Waals surface area contributed by atoms with Gasteiger partial charge in [0.2, 0.25) is 0 Å². The Bertz CT molecular complexity index is 651. The molecule has 0 heterocycles. The van der Waals surface area contributed by atoms with Gasteiger partial charge in [0.25, 0.3) is 5.91 Å². The van der Waals surface area contributed by atoms with Crippen LogP contribution in [0.2, 0.25) is 0 Å². The zero-order valence-electron chi connectivity index (χ0n) is 13.1. The van der Waals surface area contributed by atoms with E-state index < -0.39 is 0 Å². The molecule has 4 heteroatoms. The lowest BCUT2D eigenvalue weighted by Crippen LogP contribution is -2.20. The highest BCUT2D eigenvalue weighted by atomic mass is 16.5. The van der Waals surface area contributed by atoms with Crippen molar-refractivity contribution < 1.29 is 14.6 Å². The maximum atomic E-state index is 12.0. The maximum Gasteiger partial charge on any atom is 0.262 e. The van der Waals surface area contributed by atoms with E-state index in [1.165, 1.54) is 0 Å². The topological polar surface area (TPSA) is 58.6 Å². The molecule has 0 unspecified atom stereocenters. The minimum atomic E-state index is -0.229. The second-order valence-electron chi connectivity index (χ2n) is 5.53. The highest BCUT2D eigenvalue weighted by Crippen LogP contribution is 2.31. The SMILES string of the molecule is Cc1cc(O)c(C(C)C)cc1NC(=O)COc1ccccc1. The number of phenols is 1. The van der Waals surface area contributed by atoms with Crippen molar-refractivity contribution in [3.05, 3.63) is 53.6 Å². The molecule has 0 aromatic heterocycles. The largest absolute Gasteiger partial charge is 0.508 e. The lowest BCUT2D eigenvalue weighted by molar-refractivity contribution is -0.118. The Morgan fingerprint density at radius 1 is 1.23 bits per heavy atom. The molecule has 0 aliphatic heterocycles. The number of phenolic OH excluding ortho intramolecular Hbond substituents is 1. The van der Waals surface area contributed by atoms with Gasteiger partial charge < -0.3 is 15.2 Å². The van der Waals surface area contributed by atoms with Crippen molar-refractivity contribution in [3.8, 4) is 11.5 Å². The Hall–Kier alpha value is -2.49. The summed E-state index contributed by atoms with van der Waals surface area (Å²) < 4.78 is 5.42. The molecule has 1 amide bonds. The van der Waals surface area contributed by atoms with Gasteiger partial charge in [0.1, 0.15) is 11.5 Å². The maximum absolute atomic E-state index is 12.0. The van der Waals surface area contributed by atoms with Gasteiger partial charge in [-0.25, -0.2) is 0 Å². The summed E-state index contributed by atoms with van der Waals surface area (Å²) in [5, 5.41) is 12.8. The first-order chi connectivity index (χ1) is 10.5. The fraction of sp³-hybridized carbons (Fsp3) is 0.278. The van der Waals surface area contributed by atoms with E-state index in [4.69, 9.17) is 4.74 Å². The van der Waals surface area contributed by atoms with E-state index in [-0.39, 0.29) is 24.2 Å². The van der Waals surface area contributed by atoms with Crippen molar-refractivity contribution in [2.45, 2.75) is 26.7 Å². The van der Waals surface area contributed by atoms with Crippen LogP contribution in [0.25, 0.3) is 0 Å². The van der Waals surface area contributed by atoms with Crippen molar-refractivity contribution in [3.63, 3.8) is 0 Å². The third-order valence-electron chi connectivity index (χ3n) is 3.38. The fourth-order valence-electron chi connectivity index (χ4n) is 2.16. The van der Waals surface area contributed by atoms with Gasteiger partial charge in [-0.05, 0) is 48.2 Å². The number of hydrogen-bond donors (Lipinski definition) is 2. The fourth-order valence-corrected chi connectivity index (χ4v) is 2.16. The van der Waals surface area contributed by atoms with Crippen LogP contribution in [0.3, 0.4) is 0 Å². The molecular formula is C18H21NO3. The standard InChI is InChI=1S/C18H21NO3/c1-12(2)15-10-16(13(3)9-17(15)20)19-18(21)11-22-14-7-5-4-6-8-14/h4-10,12,20H,11H2,1-3H3,(H,19,21). The number of amides is 1. The van der Waals surface area contributed by atoms with Crippen LogP contribution in [0, 0.1) is 6.92 Å². The Balaban J connectivity index is 2.03. The van der Waals surface area contributed by atoms with Crippen molar-refractivity contribution in [2.24, 2.45) is 0 Å². The second-order valence-corrected chi connectivity index (χ2v) is 5.53. The van der Waals surface area contributed by atoms with Crippen LogP contribution in [-0.2, 0) is 4.79 Å². The Morgan fingerprint density at radius 3 is 2.55 bits per heavy atom. The van der Waals surface area contributed by atoms with E-state index in [0.717, 1.165) is 11.1 Å². The molecule has 2 aromatic carbocycles. The van der Waals surface area contributed by atoms with Crippen LogP contribution in [0.1, 0.15) is 30.9 Å². The van der Waals surface area contributed by atoms with Gasteiger partial charge in [0, 0.05) is 5.69 Å². The molecule has 0 spiro atoms. The number of nitrogens with one attached hydrogen (secondary N) is 1. The van der Waals surface area contributed by atoms with Crippen LogP contribution >= 0.6 is 0 Å². The van der Waals surface area contributed by atoms with Gasteiger partial charge in [-0.1, -0.05) is 32.0 Å². The Morgan fingerprint density at radius 2 is 1.91 bits per heavy atom. The first-order valence-corrected chi connectivity index (χ1v) is 7.28. The smallest absolute Gasteiger partial charge is 0.262 e. The number of aromatic hydroxyl groups is 1. The molecule has 0 fully saturated rings. The Labute approximate surface area is 130 Å². The summed E-state index contributed by atoms with van der Waals surface area (Å²) in [7, 11) is 0. The average Bonchev–Trinajstić information content (AvgIpc) is 2.48. The number of carbonyl (C=O) groups is 1. The zero-order chi connectivity index (χ0) is 16.1. The molecule has 0 aliphatic carbocycles. The predicted octanol–water partition coefficient (Wildman–Crippen LogP) is 3.84. The summed E-state index contributed by atoms with van der Waals surface area (Å²) >= 11 is 0. The number of para-hydroxylation sites is 1. The molecule has 2 rings (SSSR count). The minimum Gasteiger partial charge on any atom is -0.508 e. The highest BCUT2D eigenvalue weighted by molar-refractivity contribution is 5.92. The van der Waals surface area contributed by atoms with Gasteiger partial charge in [-0.3, -0.25) is 4.79 Å². The summed E-state index contributed by atoms with van der Waals surface area (Å²) in [4.78, 5) is 12.0. The van der Waals surface area contributed by atoms with Gasteiger partial charge in [-0.15, -0.1) is 0 Å². The van der Waals surface area contributed by atoms with Crippen molar-refractivity contribution >= 4 is 11.6 Å². The third-order valence-corrected chi connectivity index (χ3v) is 3.38. The van der Waals surface area contributed by atoms with Gasteiger partial charge in [-0.2, -0.15) is 0 Å². The normalized spacial score (nSPS) is 10.5. The molecule has 0 bridgehead atoms. The van der Waals surface area contributed by atoms with E-state index in [2.05, 4.69) is 5.32 Å². The number of carbonyl (C=O) groups excluding carboxylic acids is 1. The number of anilines is 1. The predicted molar refractivity (Wildman–Crippen MR) is 87.5 cm³/mol. The number of ether oxygens (including phenoxy) is 1. The lowest BCUT2D eigenvalue weighted by Gasteiger charge is -2.14. The van der Waals surface area contributed by atoms with E-state index in [9.17, 15) is 9.90 Å². The van der Waals surface area contributed by atoms with E-state index in [0.29, 0.717) is 11.4 Å². The van der Waals surface area contributed by atoms with E-state index in [1.807, 2.05) is 45.0 Å². The first-order valence-electron chi connectivity index (χ1n) is 7.28. The van der Waals surface area contributed by atoms with Crippen LogP contribution in [0.4, 0.5) is 5.69 Å². The Kier molecular flexibility index (Phi) is 5.04. The molecule has 22 heavy (non-hydrogen) atoms. The quantitative estimate of drug-likeness (QED) is 0.825. The molecular weight excluding hydrogens is 278 g/mol.